The van der Waals surface area contributed by atoms with Crippen molar-refractivity contribution in [1.82, 2.24) is 20.1 Å². The molecule has 2 saturated heterocycles. The van der Waals surface area contributed by atoms with E-state index in [9.17, 15) is 14.4 Å². The van der Waals surface area contributed by atoms with E-state index in [1.807, 2.05) is 24.3 Å². The predicted octanol–water partition coefficient (Wildman–Crippen LogP) is 4.09. The molecule has 1 aromatic heterocycles. The highest BCUT2D eigenvalue weighted by Gasteiger charge is 2.29. The monoisotopic (exact) mass is 565 g/mol. The molecule has 0 bridgehead atoms. The number of carbonyl (C=O) groups excluding carboxylic acids is 3. The second kappa shape index (κ2) is 13.4. The fraction of sp³-hybridized carbons (Fsp3) is 0.364. The number of piperidine rings is 2. The van der Waals surface area contributed by atoms with E-state index < -0.39 is 0 Å². The fourth-order valence-electron chi connectivity index (χ4n) is 5.60. The molecule has 5 rings (SSSR count). The maximum Gasteiger partial charge on any atom is 0.272 e. The summed E-state index contributed by atoms with van der Waals surface area (Å²) in [4.78, 5) is 47.2. The summed E-state index contributed by atoms with van der Waals surface area (Å²) in [5.74, 6) is 0.303. The van der Waals surface area contributed by atoms with Crippen LogP contribution in [0.15, 0.2) is 66.9 Å². The number of hydrogen-bond donors (Lipinski definition) is 1. The van der Waals surface area contributed by atoms with Crippen LogP contribution in [0.25, 0.3) is 0 Å². The molecule has 2 aliphatic heterocycles. The third-order valence-electron chi connectivity index (χ3n) is 8.18. The van der Waals surface area contributed by atoms with Gasteiger partial charge in [-0.25, -0.2) is 0 Å². The van der Waals surface area contributed by atoms with Crippen LogP contribution in [-0.4, -0.2) is 71.7 Å². The normalized spacial score (nSPS) is 16.4. The van der Waals surface area contributed by atoms with Crippen LogP contribution in [0.3, 0.4) is 0 Å². The number of ether oxygens (including phenoxy) is 1. The van der Waals surface area contributed by atoms with Gasteiger partial charge in [0.15, 0.2) is 5.78 Å². The lowest BCUT2D eigenvalue weighted by atomic mass is 9.88. The fourth-order valence-corrected chi connectivity index (χ4v) is 5.60. The standard InChI is InChI=1S/C33H35N5O4/c1-42-29-9-6-25(7-10-29)31(39)26-12-18-38(19-13-26)33(41)30-11-8-27(21-35-30)32(40)36-28-14-16-37(17-15-28)22-24-4-2-23(20-34)3-5-24/h2-11,21,26,28H,12-19,22H2,1H3,(H,36,40). The Labute approximate surface area is 246 Å². The Morgan fingerprint density at radius 3 is 2.17 bits per heavy atom. The van der Waals surface area contributed by atoms with E-state index >= 15 is 0 Å². The van der Waals surface area contributed by atoms with Gasteiger partial charge >= 0.3 is 0 Å². The molecule has 0 radical (unpaired) electrons. The van der Waals surface area contributed by atoms with E-state index in [1.165, 1.54) is 11.8 Å². The summed E-state index contributed by atoms with van der Waals surface area (Å²) >= 11 is 0. The van der Waals surface area contributed by atoms with Crippen LogP contribution in [0.2, 0.25) is 0 Å². The van der Waals surface area contributed by atoms with Gasteiger partial charge in [0.05, 0.1) is 24.3 Å². The second-order valence-electron chi connectivity index (χ2n) is 10.9. The first-order chi connectivity index (χ1) is 20.4. The molecule has 216 valence electrons. The summed E-state index contributed by atoms with van der Waals surface area (Å²) in [5.41, 5.74) is 3.21. The number of carbonyl (C=O) groups is 3. The quantitative estimate of drug-likeness (QED) is 0.409. The zero-order valence-electron chi connectivity index (χ0n) is 23.8. The predicted molar refractivity (Wildman–Crippen MR) is 157 cm³/mol. The molecule has 2 aromatic carbocycles. The second-order valence-corrected chi connectivity index (χ2v) is 10.9. The first kappa shape index (κ1) is 29.0. The molecule has 2 fully saturated rings. The Hall–Kier alpha value is -4.55. The molecule has 1 N–H and O–H groups in total. The van der Waals surface area contributed by atoms with Crippen molar-refractivity contribution in [1.29, 1.82) is 5.26 Å². The number of aromatic nitrogens is 1. The summed E-state index contributed by atoms with van der Waals surface area (Å²) in [6.07, 6.45) is 4.36. The van der Waals surface area contributed by atoms with Gasteiger partial charge in [0.1, 0.15) is 11.4 Å². The van der Waals surface area contributed by atoms with Crippen LogP contribution in [0.1, 0.15) is 68.0 Å². The molecule has 9 nitrogen and oxygen atoms in total. The number of Topliss-reactive ketones (excluding diaryl/α,β-unsaturated/α-hetero) is 1. The van der Waals surface area contributed by atoms with Crippen molar-refractivity contribution in [2.75, 3.05) is 33.3 Å². The number of pyridine rings is 1. The summed E-state index contributed by atoms with van der Waals surface area (Å²) in [7, 11) is 1.59. The van der Waals surface area contributed by atoms with E-state index in [1.54, 1.807) is 48.4 Å². The van der Waals surface area contributed by atoms with Crippen molar-refractivity contribution in [3.63, 3.8) is 0 Å². The number of likely N-dealkylation sites (tertiary alicyclic amines) is 2. The maximum absolute atomic E-state index is 13.1. The minimum Gasteiger partial charge on any atom is -0.497 e. The lowest BCUT2D eigenvalue weighted by Crippen LogP contribution is -2.44. The van der Waals surface area contributed by atoms with Crippen LogP contribution in [0.4, 0.5) is 0 Å². The Morgan fingerprint density at radius 2 is 1.57 bits per heavy atom. The van der Waals surface area contributed by atoms with E-state index in [4.69, 9.17) is 10.00 Å². The van der Waals surface area contributed by atoms with Gasteiger partial charge in [0.25, 0.3) is 11.8 Å². The van der Waals surface area contributed by atoms with Crippen molar-refractivity contribution >= 4 is 17.6 Å². The molecule has 42 heavy (non-hydrogen) atoms. The molecule has 3 heterocycles. The SMILES string of the molecule is COc1ccc(C(=O)C2CCN(C(=O)c3ccc(C(=O)NC4CCN(Cc5ccc(C#N)cc5)CC4)cn3)CC2)cc1. The van der Waals surface area contributed by atoms with Crippen LogP contribution in [0, 0.1) is 17.2 Å². The van der Waals surface area contributed by atoms with E-state index in [0.717, 1.165) is 32.5 Å². The molecule has 0 spiro atoms. The lowest BCUT2D eigenvalue weighted by Gasteiger charge is -2.32. The number of hydrogen-bond acceptors (Lipinski definition) is 7. The topological polar surface area (TPSA) is 116 Å². The Bertz CT molecular complexity index is 1430. The van der Waals surface area contributed by atoms with Gasteiger partial charge in [0.2, 0.25) is 0 Å². The Balaban J connectivity index is 1.06. The number of amides is 2. The van der Waals surface area contributed by atoms with Crippen LogP contribution < -0.4 is 10.1 Å². The van der Waals surface area contributed by atoms with Gasteiger partial charge in [-0.2, -0.15) is 5.26 Å². The molecular weight excluding hydrogens is 530 g/mol. The number of nitrogens with one attached hydrogen (secondary N) is 1. The van der Waals surface area contributed by atoms with Crippen molar-refractivity contribution in [2.24, 2.45) is 5.92 Å². The molecule has 2 amide bonds. The molecule has 0 saturated carbocycles. The van der Waals surface area contributed by atoms with Gasteiger partial charge in [-0.15, -0.1) is 0 Å². The highest BCUT2D eigenvalue weighted by Crippen LogP contribution is 2.24. The van der Waals surface area contributed by atoms with Crippen LogP contribution in [-0.2, 0) is 6.54 Å². The number of nitrogens with zero attached hydrogens (tertiary/aromatic N) is 4. The zero-order chi connectivity index (χ0) is 29.5. The minimum absolute atomic E-state index is 0.0814. The average Bonchev–Trinajstić information content (AvgIpc) is 3.05. The van der Waals surface area contributed by atoms with Gasteiger partial charge < -0.3 is 15.0 Å². The highest BCUT2D eigenvalue weighted by molar-refractivity contribution is 5.99. The molecule has 0 aliphatic carbocycles. The smallest absolute Gasteiger partial charge is 0.272 e. The zero-order valence-corrected chi connectivity index (χ0v) is 23.8. The van der Waals surface area contributed by atoms with Crippen molar-refractivity contribution in [3.05, 3.63) is 94.8 Å². The van der Waals surface area contributed by atoms with Gasteiger partial charge in [-0.1, -0.05) is 12.1 Å². The molecule has 2 aliphatic rings. The molecule has 0 atom stereocenters. The molecular formula is C33H35N5O4. The van der Waals surface area contributed by atoms with E-state index in [0.29, 0.717) is 54.1 Å². The van der Waals surface area contributed by atoms with Crippen molar-refractivity contribution in [3.8, 4) is 11.8 Å². The van der Waals surface area contributed by atoms with E-state index in [2.05, 4.69) is 21.3 Å². The minimum atomic E-state index is -0.190. The molecule has 3 aromatic rings. The maximum atomic E-state index is 13.1. The third-order valence-corrected chi connectivity index (χ3v) is 8.18. The van der Waals surface area contributed by atoms with Crippen molar-refractivity contribution in [2.45, 2.75) is 38.3 Å². The number of ketones is 1. The van der Waals surface area contributed by atoms with E-state index in [-0.39, 0.29) is 29.6 Å². The summed E-state index contributed by atoms with van der Waals surface area (Å²) in [5, 5.41) is 12.1. The first-order valence-corrected chi connectivity index (χ1v) is 14.4. The van der Waals surface area contributed by atoms with Gasteiger partial charge in [-0.3, -0.25) is 24.3 Å². The Morgan fingerprint density at radius 1 is 0.905 bits per heavy atom. The molecule has 0 unspecified atom stereocenters. The van der Waals surface area contributed by atoms with Crippen molar-refractivity contribution < 1.29 is 19.1 Å². The average molecular weight is 566 g/mol. The largest absolute Gasteiger partial charge is 0.497 e. The van der Waals surface area contributed by atoms with Gasteiger partial charge in [0, 0.05) is 56.4 Å². The van der Waals surface area contributed by atoms with Crippen LogP contribution >= 0.6 is 0 Å². The number of benzene rings is 2. The highest BCUT2D eigenvalue weighted by atomic mass is 16.5. The number of methoxy groups -OCH3 is 1. The first-order valence-electron chi connectivity index (χ1n) is 14.4. The summed E-state index contributed by atoms with van der Waals surface area (Å²) in [6, 6.07) is 20.2. The van der Waals surface area contributed by atoms with Gasteiger partial charge in [-0.05, 0) is 79.8 Å². The lowest BCUT2D eigenvalue weighted by molar-refractivity contribution is 0.0645. The third kappa shape index (κ3) is 7.01. The number of rotatable bonds is 8. The Kier molecular flexibility index (Phi) is 9.25. The number of nitriles is 1. The van der Waals surface area contributed by atoms with Crippen LogP contribution in [0.5, 0.6) is 5.75 Å². The summed E-state index contributed by atoms with van der Waals surface area (Å²) in [6.45, 7) is 3.54. The molecule has 9 heteroatoms. The summed E-state index contributed by atoms with van der Waals surface area (Å²) < 4.78 is 5.17.